The molecule has 1 atom stereocenters. The maximum atomic E-state index is 13.2. The molecule has 2 aliphatic heterocycles. The van der Waals surface area contributed by atoms with Gasteiger partial charge in [-0.05, 0) is 49.6 Å². The van der Waals surface area contributed by atoms with E-state index < -0.39 is 0 Å². The average molecular weight is 434 g/mol. The number of rotatable bonds is 3. The highest BCUT2D eigenvalue weighted by Crippen LogP contribution is 2.29. The predicted octanol–water partition coefficient (Wildman–Crippen LogP) is 2.53. The lowest BCUT2D eigenvalue weighted by Gasteiger charge is -2.33. The SMILES string of the molecule is Cc1ccn2cc(C(=O)N3CCC[C@@H](c4ncccc4C(=O)N4CCOCC4)C3)nc2c1. The molecule has 0 N–H and O–H groups in total. The number of aromatic nitrogens is 3. The van der Waals surface area contributed by atoms with Crippen LogP contribution in [0.25, 0.3) is 5.65 Å². The quantitative estimate of drug-likeness (QED) is 0.634. The maximum Gasteiger partial charge on any atom is 0.274 e. The van der Waals surface area contributed by atoms with E-state index in [-0.39, 0.29) is 17.7 Å². The predicted molar refractivity (Wildman–Crippen MR) is 119 cm³/mol. The number of aryl methyl sites for hydroxylation is 1. The van der Waals surface area contributed by atoms with Crippen molar-refractivity contribution in [1.82, 2.24) is 24.2 Å². The molecule has 2 fully saturated rings. The zero-order chi connectivity index (χ0) is 22.1. The minimum Gasteiger partial charge on any atom is -0.378 e. The first-order valence-electron chi connectivity index (χ1n) is 11.2. The van der Waals surface area contributed by atoms with E-state index in [2.05, 4.69) is 9.97 Å². The van der Waals surface area contributed by atoms with Gasteiger partial charge in [0.15, 0.2) is 0 Å². The Kier molecular flexibility index (Phi) is 5.61. The van der Waals surface area contributed by atoms with Crippen molar-refractivity contribution in [1.29, 1.82) is 0 Å². The summed E-state index contributed by atoms with van der Waals surface area (Å²) in [6, 6.07) is 7.62. The number of ether oxygens (including phenoxy) is 1. The third-order valence-electron chi connectivity index (χ3n) is 6.30. The van der Waals surface area contributed by atoms with Gasteiger partial charge < -0.3 is 18.9 Å². The molecule has 32 heavy (non-hydrogen) atoms. The lowest BCUT2D eigenvalue weighted by Crippen LogP contribution is -2.42. The van der Waals surface area contributed by atoms with Crippen LogP contribution < -0.4 is 0 Å². The maximum absolute atomic E-state index is 13.2. The molecular weight excluding hydrogens is 406 g/mol. The molecule has 8 heteroatoms. The lowest BCUT2D eigenvalue weighted by molar-refractivity contribution is 0.0301. The number of hydrogen-bond donors (Lipinski definition) is 0. The fourth-order valence-corrected chi connectivity index (χ4v) is 4.59. The summed E-state index contributed by atoms with van der Waals surface area (Å²) in [4.78, 5) is 39.2. The first-order valence-corrected chi connectivity index (χ1v) is 11.2. The second kappa shape index (κ2) is 8.70. The van der Waals surface area contributed by atoms with Crippen LogP contribution >= 0.6 is 0 Å². The Morgan fingerprint density at radius 2 is 1.94 bits per heavy atom. The number of piperidine rings is 1. The first-order chi connectivity index (χ1) is 15.6. The Morgan fingerprint density at radius 1 is 1.09 bits per heavy atom. The number of imidazole rings is 1. The summed E-state index contributed by atoms with van der Waals surface area (Å²) in [5.41, 5.74) is 3.74. The second-order valence-electron chi connectivity index (χ2n) is 8.53. The molecule has 0 aromatic carbocycles. The molecule has 3 aromatic rings. The number of nitrogens with zero attached hydrogens (tertiary/aromatic N) is 5. The number of pyridine rings is 2. The van der Waals surface area contributed by atoms with Crippen LogP contribution in [0, 0.1) is 6.92 Å². The molecule has 0 aliphatic carbocycles. The average Bonchev–Trinajstić information content (AvgIpc) is 3.27. The standard InChI is InChI=1S/C24H27N5O3/c1-17-6-9-28-16-20(26-21(28)14-17)24(31)29-8-3-4-18(15-29)22-19(5-2-7-25-22)23(30)27-10-12-32-13-11-27/h2,5-7,9,14,16,18H,3-4,8,10-13,15H2,1H3/t18-/m1/s1. The Morgan fingerprint density at radius 3 is 2.78 bits per heavy atom. The van der Waals surface area contributed by atoms with E-state index in [4.69, 9.17) is 4.74 Å². The Labute approximate surface area is 186 Å². The first kappa shape index (κ1) is 20.6. The number of amides is 2. The van der Waals surface area contributed by atoms with Crippen LogP contribution in [0.2, 0.25) is 0 Å². The minimum atomic E-state index is -0.0759. The van der Waals surface area contributed by atoms with Crippen molar-refractivity contribution in [2.24, 2.45) is 0 Å². The van der Waals surface area contributed by atoms with Gasteiger partial charge in [-0.3, -0.25) is 14.6 Å². The van der Waals surface area contributed by atoms with E-state index in [1.54, 1.807) is 12.4 Å². The summed E-state index contributed by atoms with van der Waals surface area (Å²) < 4.78 is 7.26. The Balaban J connectivity index is 1.37. The number of carbonyl (C=O) groups excluding carboxylic acids is 2. The molecule has 3 aromatic heterocycles. The monoisotopic (exact) mass is 433 g/mol. The van der Waals surface area contributed by atoms with Crippen LogP contribution in [0.4, 0.5) is 0 Å². The second-order valence-corrected chi connectivity index (χ2v) is 8.53. The van der Waals surface area contributed by atoms with Crippen LogP contribution in [-0.2, 0) is 4.74 Å². The summed E-state index contributed by atoms with van der Waals surface area (Å²) in [6.45, 7) is 5.53. The fraction of sp³-hybridized carbons (Fsp3) is 0.417. The molecule has 0 bridgehead atoms. The van der Waals surface area contributed by atoms with Gasteiger partial charge in [0.2, 0.25) is 0 Å². The van der Waals surface area contributed by atoms with E-state index in [1.807, 2.05) is 51.6 Å². The largest absolute Gasteiger partial charge is 0.378 e. The fourth-order valence-electron chi connectivity index (χ4n) is 4.59. The lowest BCUT2D eigenvalue weighted by atomic mass is 9.91. The van der Waals surface area contributed by atoms with Gasteiger partial charge in [0, 0.05) is 50.7 Å². The molecule has 2 saturated heterocycles. The van der Waals surface area contributed by atoms with Crippen molar-refractivity contribution >= 4 is 17.5 Å². The summed E-state index contributed by atoms with van der Waals surface area (Å²) in [6.07, 6.45) is 7.20. The zero-order valence-corrected chi connectivity index (χ0v) is 18.2. The van der Waals surface area contributed by atoms with E-state index in [9.17, 15) is 9.59 Å². The Hall–Kier alpha value is -3.26. The van der Waals surface area contributed by atoms with Crippen molar-refractivity contribution in [2.75, 3.05) is 39.4 Å². The number of morpholine rings is 1. The summed E-state index contributed by atoms with van der Waals surface area (Å²) in [7, 11) is 0. The van der Waals surface area contributed by atoms with E-state index in [1.165, 1.54) is 0 Å². The highest BCUT2D eigenvalue weighted by molar-refractivity contribution is 5.96. The highest BCUT2D eigenvalue weighted by atomic mass is 16.5. The number of hydrogen-bond acceptors (Lipinski definition) is 5. The molecule has 0 radical (unpaired) electrons. The smallest absolute Gasteiger partial charge is 0.274 e. The van der Waals surface area contributed by atoms with Crippen LogP contribution in [0.3, 0.4) is 0 Å². The van der Waals surface area contributed by atoms with Crippen molar-refractivity contribution in [3.05, 3.63) is 65.4 Å². The number of fused-ring (bicyclic) bond motifs is 1. The van der Waals surface area contributed by atoms with E-state index in [0.717, 1.165) is 29.7 Å². The topological polar surface area (TPSA) is 80.0 Å². The minimum absolute atomic E-state index is 0.00410. The summed E-state index contributed by atoms with van der Waals surface area (Å²) in [5.74, 6) is -0.0585. The summed E-state index contributed by atoms with van der Waals surface area (Å²) >= 11 is 0. The Bertz CT molecular complexity index is 1150. The summed E-state index contributed by atoms with van der Waals surface area (Å²) in [5, 5.41) is 0. The third kappa shape index (κ3) is 3.98. The van der Waals surface area contributed by atoms with Gasteiger partial charge in [-0.1, -0.05) is 0 Å². The normalized spacial score (nSPS) is 19.3. The van der Waals surface area contributed by atoms with Crippen LogP contribution in [0.5, 0.6) is 0 Å². The molecule has 0 saturated carbocycles. The molecule has 5 rings (SSSR count). The van der Waals surface area contributed by atoms with Crippen LogP contribution in [-0.4, -0.2) is 75.4 Å². The highest BCUT2D eigenvalue weighted by Gasteiger charge is 2.31. The van der Waals surface area contributed by atoms with Gasteiger partial charge in [-0.2, -0.15) is 0 Å². The van der Waals surface area contributed by atoms with Gasteiger partial charge in [-0.25, -0.2) is 4.98 Å². The zero-order valence-electron chi connectivity index (χ0n) is 18.2. The van der Waals surface area contributed by atoms with Crippen molar-refractivity contribution in [3.8, 4) is 0 Å². The van der Waals surface area contributed by atoms with Crippen LogP contribution in [0.15, 0.2) is 42.9 Å². The van der Waals surface area contributed by atoms with Crippen LogP contribution in [0.1, 0.15) is 50.9 Å². The van der Waals surface area contributed by atoms with Crippen molar-refractivity contribution < 1.29 is 14.3 Å². The molecule has 0 unspecified atom stereocenters. The van der Waals surface area contributed by atoms with E-state index in [0.29, 0.717) is 50.7 Å². The molecule has 2 amide bonds. The van der Waals surface area contributed by atoms with Crippen molar-refractivity contribution in [3.63, 3.8) is 0 Å². The van der Waals surface area contributed by atoms with Crippen molar-refractivity contribution in [2.45, 2.75) is 25.7 Å². The molecular formula is C24H27N5O3. The molecule has 2 aliphatic rings. The molecule has 0 spiro atoms. The molecule has 8 nitrogen and oxygen atoms in total. The third-order valence-corrected chi connectivity index (χ3v) is 6.30. The molecule has 5 heterocycles. The number of carbonyl (C=O) groups is 2. The van der Waals surface area contributed by atoms with E-state index >= 15 is 0 Å². The van der Waals surface area contributed by atoms with Gasteiger partial charge in [0.05, 0.1) is 24.5 Å². The molecule has 166 valence electrons. The van der Waals surface area contributed by atoms with Gasteiger partial charge in [0.25, 0.3) is 11.8 Å². The van der Waals surface area contributed by atoms with Gasteiger partial charge in [0.1, 0.15) is 11.3 Å². The van der Waals surface area contributed by atoms with Gasteiger partial charge >= 0.3 is 0 Å². The van der Waals surface area contributed by atoms with Gasteiger partial charge in [-0.15, -0.1) is 0 Å². The number of likely N-dealkylation sites (tertiary alicyclic amines) is 1.